The van der Waals surface area contributed by atoms with Crippen molar-refractivity contribution in [3.63, 3.8) is 0 Å². The van der Waals surface area contributed by atoms with Crippen LogP contribution in [-0.2, 0) is 10.5 Å². The first kappa shape index (κ1) is 23.4. The predicted molar refractivity (Wildman–Crippen MR) is 137 cm³/mol. The summed E-state index contributed by atoms with van der Waals surface area (Å²) in [6, 6.07) is 27.4. The van der Waals surface area contributed by atoms with E-state index < -0.39 is 0 Å². The van der Waals surface area contributed by atoms with Gasteiger partial charge in [-0.1, -0.05) is 72.8 Å². The minimum absolute atomic E-state index is 0.0902. The predicted octanol–water partition coefficient (Wildman–Crippen LogP) is 6.72. The van der Waals surface area contributed by atoms with Crippen LogP contribution in [0.1, 0.15) is 19.2 Å². The molecule has 0 bridgehead atoms. The van der Waals surface area contributed by atoms with Crippen LogP contribution in [-0.4, -0.2) is 25.9 Å². The average Bonchev–Trinajstić information content (AvgIpc) is 3.24. The van der Waals surface area contributed by atoms with E-state index >= 15 is 0 Å². The summed E-state index contributed by atoms with van der Waals surface area (Å²) in [5, 5.41) is 12.8. The quantitative estimate of drug-likeness (QED) is 0.261. The molecule has 1 atom stereocenters. The molecule has 1 amide bonds. The van der Waals surface area contributed by atoms with Crippen LogP contribution in [0.15, 0.2) is 95.0 Å². The van der Waals surface area contributed by atoms with Gasteiger partial charge in [-0.2, -0.15) is 0 Å². The maximum atomic E-state index is 13.0. The number of hydrogen-bond donors (Lipinski definition) is 1. The molecule has 8 heteroatoms. The summed E-state index contributed by atoms with van der Waals surface area (Å²) in [6.45, 7) is 1.99. The number of hydrogen-bond acceptors (Lipinski definition) is 5. The summed E-state index contributed by atoms with van der Waals surface area (Å²) in [6.07, 6.45) is 0.646. The molecule has 1 unspecified atom stereocenters. The van der Waals surface area contributed by atoms with Crippen LogP contribution in [0.25, 0.3) is 5.69 Å². The Morgan fingerprint density at radius 2 is 1.73 bits per heavy atom. The highest BCUT2D eigenvalue weighted by Crippen LogP contribution is 2.31. The van der Waals surface area contributed by atoms with Gasteiger partial charge in [0.2, 0.25) is 5.91 Å². The molecule has 4 aromatic rings. The van der Waals surface area contributed by atoms with Crippen molar-refractivity contribution < 1.29 is 4.79 Å². The van der Waals surface area contributed by atoms with Crippen LogP contribution in [0, 0.1) is 0 Å². The van der Waals surface area contributed by atoms with Crippen molar-refractivity contribution in [1.29, 1.82) is 0 Å². The van der Waals surface area contributed by atoms with Gasteiger partial charge in [0.25, 0.3) is 0 Å². The Bertz CT molecular complexity index is 1200. The first-order valence-corrected chi connectivity index (χ1v) is 12.8. The number of anilines is 1. The van der Waals surface area contributed by atoms with Crippen LogP contribution in [0.5, 0.6) is 0 Å². The van der Waals surface area contributed by atoms with E-state index in [9.17, 15) is 4.79 Å². The third-order valence-corrected chi connectivity index (χ3v) is 7.38. The molecule has 0 aliphatic carbocycles. The molecule has 1 N–H and O–H groups in total. The highest BCUT2D eigenvalue weighted by molar-refractivity contribution is 8.00. The molecule has 33 heavy (non-hydrogen) atoms. The number of benzene rings is 3. The number of para-hydroxylation sites is 1. The third-order valence-electron chi connectivity index (χ3n) is 4.83. The molecule has 0 aliphatic heterocycles. The highest BCUT2D eigenvalue weighted by Gasteiger charge is 2.23. The lowest BCUT2D eigenvalue weighted by Crippen LogP contribution is -2.25. The number of nitrogens with one attached hydrogen (secondary N) is 1. The molecular formula is C25H23ClN4OS2. The maximum Gasteiger partial charge on any atom is 0.237 e. The Morgan fingerprint density at radius 1 is 1.00 bits per heavy atom. The molecule has 5 nitrogen and oxygen atoms in total. The summed E-state index contributed by atoms with van der Waals surface area (Å²) in [7, 11) is 0. The number of amides is 1. The molecule has 0 fully saturated rings. The number of carbonyl (C=O) groups is 1. The first-order chi connectivity index (χ1) is 16.1. The highest BCUT2D eigenvalue weighted by atomic mass is 35.5. The van der Waals surface area contributed by atoms with Crippen LogP contribution >= 0.6 is 35.1 Å². The second-order valence-corrected chi connectivity index (χ2v) is 9.84. The molecule has 3 aromatic carbocycles. The van der Waals surface area contributed by atoms with Gasteiger partial charge in [0, 0.05) is 21.3 Å². The molecule has 168 valence electrons. The lowest BCUT2D eigenvalue weighted by atomic mass is 10.3. The van der Waals surface area contributed by atoms with E-state index in [1.54, 1.807) is 23.9 Å². The second kappa shape index (κ2) is 11.4. The standard InChI is InChI=1S/C25H23ClN4OS2/c1-2-22(24(31)27-19-11-9-10-18(26)16-19)33-25-29-28-23(17-32-21-14-7-4-8-15-21)30(25)20-12-5-3-6-13-20/h3-16,22H,2,17H2,1H3,(H,27,31). The van der Waals surface area contributed by atoms with Gasteiger partial charge in [0.15, 0.2) is 5.16 Å². The number of halogens is 1. The van der Waals surface area contributed by atoms with Gasteiger partial charge in [-0.3, -0.25) is 9.36 Å². The molecule has 0 saturated carbocycles. The third kappa shape index (κ3) is 6.19. The summed E-state index contributed by atoms with van der Waals surface area (Å²) >= 11 is 9.18. The molecule has 0 radical (unpaired) electrons. The number of thioether (sulfide) groups is 2. The molecule has 4 rings (SSSR count). The van der Waals surface area contributed by atoms with E-state index in [1.807, 2.05) is 72.2 Å². The Hall–Kier alpha value is -2.74. The number of aromatic nitrogens is 3. The number of nitrogens with zero attached hydrogens (tertiary/aromatic N) is 3. The second-order valence-electron chi connectivity index (χ2n) is 7.19. The van der Waals surface area contributed by atoms with Crippen LogP contribution in [0.3, 0.4) is 0 Å². The van der Waals surface area contributed by atoms with Gasteiger partial charge in [-0.25, -0.2) is 0 Å². The minimum Gasteiger partial charge on any atom is -0.325 e. The van der Waals surface area contributed by atoms with E-state index in [1.165, 1.54) is 16.7 Å². The topological polar surface area (TPSA) is 59.8 Å². The van der Waals surface area contributed by atoms with Gasteiger partial charge >= 0.3 is 0 Å². The molecule has 1 heterocycles. The zero-order valence-corrected chi connectivity index (χ0v) is 20.4. The SMILES string of the molecule is CCC(Sc1nnc(CSc2ccccc2)n1-c1ccccc1)C(=O)Nc1cccc(Cl)c1. The Kier molecular flexibility index (Phi) is 8.10. The largest absolute Gasteiger partial charge is 0.325 e. The van der Waals surface area contributed by atoms with E-state index in [-0.39, 0.29) is 11.2 Å². The fourth-order valence-electron chi connectivity index (χ4n) is 3.21. The summed E-state index contributed by atoms with van der Waals surface area (Å²) in [4.78, 5) is 14.2. The molecular weight excluding hydrogens is 472 g/mol. The van der Waals surface area contributed by atoms with Crippen molar-refractivity contribution >= 4 is 46.7 Å². The van der Waals surface area contributed by atoms with Gasteiger partial charge < -0.3 is 5.32 Å². The maximum absolute atomic E-state index is 13.0. The van der Waals surface area contributed by atoms with Crippen molar-refractivity contribution in [3.05, 3.63) is 95.8 Å². The van der Waals surface area contributed by atoms with Crippen molar-refractivity contribution in [1.82, 2.24) is 14.8 Å². The Labute approximate surface area is 207 Å². The Morgan fingerprint density at radius 3 is 2.42 bits per heavy atom. The van der Waals surface area contributed by atoms with Gasteiger partial charge in [0.1, 0.15) is 5.82 Å². The molecule has 1 aromatic heterocycles. The smallest absolute Gasteiger partial charge is 0.237 e. The summed E-state index contributed by atoms with van der Waals surface area (Å²) in [5.74, 6) is 1.41. The molecule has 0 saturated heterocycles. The number of rotatable bonds is 9. The fraction of sp³-hybridized carbons (Fsp3) is 0.160. The normalized spacial score (nSPS) is 11.8. The molecule has 0 spiro atoms. The van der Waals surface area contributed by atoms with Gasteiger partial charge in [-0.05, 0) is 48.9 Å². The average molecular weight is 495 g/mol. The zero-order valence-electron chi connectivity index (χ0n) is 18.0. The summed E-state index contributed by atoms with van der Waals surface area (Å²) < 4.78 is 2.04. The lowest BCUT2D eigenvalue weighted by Gasteiger charge is -2.16. The molecule has 0 aliphatic rings. The van der Waals surface area contributed by atoms with Crippen LogP contribution in [0.4, 0.5) is 5.69 Å². The van der Waals surface area contributed by atoms with Crippen LogP contribution < -0.4 is 5.32 Å². The van der Waals surface area contributed by atoms with E-state index in [2.05, 4.69) is 27.6 Å². The minimum atomic E-state index is -0.328. The van der Waals surface area contributed by atoms with Crippen molar-refractivity contribution in [2.75, 3.05) is 5.32 Å². The van der Waals surface area contributed by atoms with Crippen molar-refractivity contribution in [2.24, 2.45) is 0 Å². The van der Waals surface area contributed by atoms with E-state index in [4.69, 9.17) is 11.6 Å². The van der Waals surface area contributed by atoms with Gasteiger partial charge in [-0.15, -0.1) is 22.0 Å². The van der Waals surface area contributed by atoms with E-state index in [0.717, 1.165) is 11.5 Å². The number of carbonyl (C=O) groups excluding carboxylic acids is 1. The van der Waals surface area contributed by atoms with Crippen molar-refractivity contribution in [3.8, 4) is 5.69 Å². The lowest BCUT2D eigenvalue weighted by molar-refractivity contribution is -0.115. The first-order valence-electron chi connectivity index (χ1n) is 10.5. The van der Waals surface area contributed by atoms with E-state index in [0.29, 0.717) is 28.0 Å². The fourth-order valence-corrected chi connectivity index (χ4v) is 5.22. The Balaban J connectivity index is 1.56. The monoisotopic (exact) mass is 494 g/mol. The van der Waals surface area contributed by atoms with Crippen LogP contribution in [0.2, 0.25) is 5.02 Å². The zero-order chi connectivity index (χ0) is 23.0. The summed E-state index contributed by atoms with van der Waals surface area (Å²) in [5.41, 5.74) is 1.65. The van der Waals surface area contributed by atoms with Crippen molar-refractivity contribution in [2.45, 2.75) is 34.4 Å². The van der Waals surface area contributed by atoms with Gasteiger partial charge in [0.05, 0.1) is 11.0 Å².